The third-order valence-electron chi connectivity index (χ3n) is 2.19. The first-order valence-corrected chi connectivity index (χ1v) is 5.70. The molecule has 1 rings (SSSR count). The molecule has 1 aromatic rings. The predicted molar refractivity (Wildman–Crippen MR) is 69.9 cm³/mol. The highest BCUT2D eigenvalue weighted by atomic mass is 35.5. The number of carboxylic acids is 1. The number of nitriles is 1. The van der Waals surface area contributed by atoms with Crippen molar-refractivity contribution < 1.29 is 14.7 Å². The Morgan fingerprint density at radius 2 is 2.16 bits per heavy atom. The van der Waals surface area contributed by atoms with Crippen molar-refractivity contribution in [1.82, 2.24) is 4.90 Å². The van der Waals surface area contributed by atoms with E-state index in [9.17, 15) is 9.59 Å². The number of carboxylic acid groups (broad SMARTS) is 1. The Hall–Kier alpha value is -2.10. The Kier molecular flexibility index (Phi) is 5.30. The number of aliphatic carboxylic acids is 1. The first kappa shape index (κ1) is 15.0. The van der Waals surface area contributed by atoms with Crippen LogP contribution in [-0.4, -0.2) is 42.0 Å². The molecule has 0 saturated heterocycles. The van der Waals surface area contributed by atoms with Crippen LogP contribution in [0.15, 0.2) is 18.2 Å². The predicted octanol–water partition coefficient (Wildman–Crippen LogP) is 1.17. The van der Waals surface area contributed by atoms with Gasteiger partial charge in [-0.2, -0.15) is 5.26 Å². The summed E-state index contributed by atoms with van der Waals surface area (Å²) in [5.74, 6) is -1.36. The molecule has 7 heteroatoms. The summed E-state index contributed by atoms with van der Waals surface area (Å²) in [5.41, 5.74) is 0.778. The Balaban J connectivity index is 2.60. The summed E-state index contributed by atoms with van der Waals surface area (Å²) in [6.45, 7) is -0.272. The molecular formula is C12H12ClN3O3. The SMILES string of the molecule is CN(CC(=O)O)CC(=O)Nc1ccc(C#N)c(Cl)c1. The minimum atomic E-state index is -1.00. The highest BCUT2D eigenvalue weighted by Crippen LogP contribution is 2.20. The van der Waals surface area contributed by atoms with Crippen molar-refractivity contribution >= 4 is 29.2 Å². The van der Waals surface area contributed by atoms with Crippen LogP contribution in [0.5, 0.6) is 0 Å². The van der Waals surface area contributed by atoms with E-state index in [0.29, 0.717) is 11.3 Å². The van der Waals surface area contributed by atoms with E-state index in [1.807, 2.05) is 6.07 Å². The maximum atomic E-state index is 11.6. The Bertz CT molecular complexity index is 540. The van der Waals surface area contributed by atoms with Gasteiger partial charge in [0.25, 0.3) is 0 Å². The molecule has 0 aromatic heterocycles. The van der Waals surface area contributed by atoms with E-state index >= 15 is 0 Å². The molecule has 100 valence electrons. The van der Waals surface area contributed by atoms with Crippen molar-refractivity contribution in [2.45, 2.75) is 0 Å². The second kappa shape index (κ2) is 6.73. The third-order valence-corrected chi connectivity index (χ3v) is 2.50. The summed E-state index contributed by atoms with van der Waals surface area (Å²) in [6.07, 6.45) is 0. The molecule has 0 aliphatic heterocycles. The first-order chi connectivity index (χ1) is 8.92. The zero-order chi connectivity index (χ0) is 14.4. The van der Waals surface area contributed by atoms with Crippen LogP contribution in [0.1, 0.15) is 5.56 Å². The number of rotatable bonds is 5. The summed E-state index contributed by atoms with van der Waals surface area (Å²) in [6, 6.07) is 6.43. The van der Waals surface area contributed by atoms with E-state index in [1.165, 1.54) is 24.1 Å². The Morgan fingerprint density at radius 3 is 2.68 bits per heavy atom. The van der Waals surface area contributed by atoms with Crippen LogP contribution in [0.25, 0.3) is 0 Å². The van der Waals surface area contributed by atoms with Crippen LogP contribution < -0.4 is 5.32 Å². The van der Waals surface area contributed by atoms with Crippen LogP contribution in [0.2, 0.25) is 5.02 Å². The Labute approximate surface area is 115 Å². The van der Waals surface area contributed by atoms with Gasteiger partial charge in [-0.1, -0.05) is 11.6 Å². The van der Waals surface area contributed by atoms with Crippen molar-refractivity contribution in [3.05, 3.63) is 28.8 Å². The lowest BCUT2D eigenvalue weighted by Crippen LogP contribution is -2.33. The molecule has 1 amide bonds. The zero-order valence-electron chi connectivity index (χ0n) is 10.2. The molecule has 0 atom stereocenters. The van der Waals surface area contributed by atoms with Crippen molar-refractivity contribution in [3.8, 4) is 6.07 Å². The number of amides is 1. The topological polar surface area (TPSA) is 93.4 Å². The monoisotopic (exact) mass is 281 g/mol. The van der Waals surface area contributed by atoms with Gasteiger partial charge in [-0.05, 0) is 25.2 Å². The van der Waals surface area contributed by atoms with Crippen LogP contribution in [0.3, 0.4) is 0 Å². The van der Waals surface area contributed by atoms with Crippen molar-refractivity contribution in [2.24, 2.45) is 0 Å². The van der Waals surface area contributed by atoms with E-state index in [1.54, 1.807) is 6.07 Å². The number of likely N-dealkylation sites (N-methyl/N-ethyl adjacent to an activating group) is 1. The number of nitrogens with one attached hydrogen (secondary N) is 1. The van der Waals surface area contributed by atoms with E-state index in [-0.39, 0.29) is 24.0 Å². The van der Waals surface area contributed by atoms with Gasteiger partial charge >= 0.3 is 5.97 Å². The number of anilines is 1. The lowest BCUT2D eigenvalue weighted by molar-refractivity contribution is -0.138. The Morgan fingerprint density at radius 1 is 1.47 bits per heavy atom. The molecule has 0 radical (unpaired) electrons. The van der Waals surface area contributed by atoms with E-state index < -0.39 is 5.97 Å². The average Bonchev–Trinajstić information content (AvgIpc) is 2.27. The van der Waals surface area contributed by atoms with Gasteiger partial charge in [-0.15, -0.1) is 0 Å². The third kappa shape index (κ3) is 4.95. The summed E-state index contributed by atoms with van der Waals surface area (Å²) >= 11 is 5.83. The minimum absolute atomic E-state index is 0.0517. The van der Waals surface area contributed by atoms with E-state index in [0.717, 1.165) is 0 Å². The fraction of sp³-hybridized carbons (Fsp3) is 0.250. The molecule has 0 unspecified atom stereocenters. The number of hydrogen-bond donors (Lipinski definition) is 2. The van der Waals surface area contributed by atoms with E-state index in [2.05, 4.69) is 5.32 Å². The second-order valence-corrected chi connectivity index (χ2v) is 4.33. The molecular weight excluding hydrogens is 270 g/mol. The molecule has 0 saturated carbocycles. The molecule has 19 heavy (non-hydrogen) atoms. The van der Waals surface area contributed by atoms with Crippen LogP contribution in [-0.2, 0) is 9.59 Å². The molecule has 0 aliphatic rings. The van der Waals surface area contributed by atoms with Crippen LogP contribution in [0, 0.1) is 11.3 Å². The largest absolute Gasteiger partial charge is 0.480 e. The smallest absolute Gasteiger partial charge is 0.317 e. The lowest BCUT2D eigenvalue weighted by Gasteiger charge is -2.13. The maximum absolute atomic E-state index is 11.6. The second-order valence-electron chi connectivity index (χ2n) is 3.92. The van der Waals surface area contributed by atoms with E-state index in [4.69, 9.17) is 22.0 Å². The molecule has 0 fully saturated rings. The van der Waals surface area contributed by atoms with Crippen molar-refractivity contribution in [2.75, 3.05) is 25.5 Å². The molecule has 0 spiro atoms. The van der Waals surface area contributed by atoms with Gasteiger partial charge in [0.1, 0.15) is 6.07 Å². The van der Waals surface area contributed by atoms with Gasteiger partial charge in [-0.3, -0.25) is 14.5 Å². The fourth-order valence-electron chi connectivity index (χ4n) is 1.42. The van der Waals surface area contributed by atoms with Gasteiger partial charge in [0, 0.05) is 5.69 Å². The van der Waals surface area contributed by atoms with Gasteiger partial charge in [0.2, 0.25) is 5.91 Å². The van der Waals surface area contributed by atoms with Crippen LogP contribution >= 0.6 is 11.6 Å². The van der Waals surface area contributed by atoms with Crippen LogP contribution in [0.4, 0.5) is 5.69 Å². The molecule has 1 aromatic carbocycles. The number of carbonyl (C=O) groups excluding carboxylic acids is 1. The quantitative estimate of drug-likeness (QED) is 0.845. The zero-order valence-corrected chi connectivity index (χ0v) is 10.9. The lowest BCUT2D eigenvalue weighted by atomic mass is 10.2. The van der Waals surface area contributed by atoms with Gasteiger partial charge < -0.3 is 10.4 Å². The standard InChI is InChI=1S/C12H12ClN3O3/c1-16(7-12(18)19)6-11(17)15-9-3-2-8(5-14)10(13)4-9/h2-4H,6-7H2,1H3,(H,15,17)(H,18,19). The number of nitrogens with zero attached hydrogens (tertiary/aromatic N) is 2. The van der Waals surface area contributed by atoms with Crippen molar-refractivity contribution in [1.29, 1.82) is 5.26 Å². The van der Waals surface area contributed by atoms with Gasteiger partial charge in [-0.25, -0.2) is 0 Å². The van der Waals surface area contributed by atoms with Gasteiger partial charge in [0.15, 0.2) is 0 Å². The summed E-state index contributed by atoms with van der Waals surface area (Å²) in [4.78, 5) is 23.4. The highest BCUT2D eigenvalue weighted by molar-refractivity contribution is 6.32. The number of carbonyl (C=O) groups is 2. The number of hydrogen-bond acceptors (Lipinski definition) is 4. The highest BCUT2D eigenvalue weighted by Gasteiger charge is 2.10. The molecule has 0 aliphatic carbocycles. The number of benzene rings is 1. The normalized spacial score (nSPS) is 10.0. The average molecular weight is 282 g/mol. The molecule has 0 bridgehead atoms. The fourth-order valence-corrected chi connectivity index (χ4v) is 1.64. The molecule has 6 nitrogen and oxygen atoms in total. The molecule has 0 heterocycles. The van der Waals surface area contributed by atoms with Gasteiger partial charge in [0.05, 0.1) is 23.7 Å². The molecule has 2 N–H and O–H groups in total. The summed E-state index contributed by atoms with van der Waals surface area (Å²) in [5, 5.41) is 20.1. The summed E-state index contributed by atoms with van der Waals surface area (Å²) in [7, 11) is 1.53. The first-order valence-electron chi connectivity index (χ1n) is 5.32. The minimum Gasteiger partial charge on any atom is -0.480 e. The maximum Gasteiger partial charge on any atom is 0.317 e. The number of halogens is 1. The van der Waals surface area contributed by atoms with Crippen molar-refractivity contribution in [3.63, 3.8) is 0 Å². The summed E-state index contributed by atoms with van der Waals surface area (Å²) < 4.78 is 0.